The van der Waals surface area contributed by atoms with Crippen LogP contribution in [0.5, 0.6) is 11.5 Å². The molecule has 0 bridgehead atoms. The van der Waals surface area contributed by atoms with Gasteiger partial charge in [-0.15, -0.1) is 10.2 Å². The first-order valence-corrected chi connectivity index (χ1v) is 10.2. The number of amides is 1. The highest BCUT2D eigenvalue weighted by Crippen LogP contribution is 2.20. The highest BCUT2D eigenvalue weighted by atomic mass is 32.2. The monoisotopic (exact) mass is 412 g/mol. The van der Waals surface area contributed by atoms with Crippen molar-refractivity contribution in [1.82, 2.24) is 20.1 Å². The van der Waals surface area contributed by atoms with Crippen LogP contribution in [0.2, 0.25) is 0 Å². The highest BCUT2D eigenvalue weighted by Gasteiger charge is 2.14. The highest BCUT2D eigenvalue weighted by molar-refractivity contribution is 7.99. The van der Waals surface area contributed by atoms with Gasteiger partial charge >= 0.3 is 0 Å². The predicted molar refractivity (Wildman–Crippen MR) is 112 cm³/mol. The third-order valence-corrected chi connectivity index (χ3v) is 5.38. The van der Waals surface area contributed by atoms with Gasteiger partial charge in [0.25, 0.3) is 0 Å². The molecule has 1 atom stereocenters. The molecular formula is C21H24N4O3S. The Morgan fingerprint density at radius 2 is 1.79 bits per heavy atom. The van der Waals surface area contributed by atoms with Crippen LogP contribution < -0.4 is 14.8 Å². The number of thioether (sulfide) groups is 1. The van der Waals surface area contributed by atoms with E-state index in [1.165, 1.54) is 11.8 Å². The summed E-state index contributed by atoms with van der Waals surface area (Å²) in [6.07, 6.45) is 0. The maximum Gasteiger partial charge on any atom is 0.230 e. The maximum atomic E-state index is 12.3. The molecule has 1 N–H and O–H groups in total. The van der Waals surface area contributed by atoms with Crippen LogP contribution in [0.15, 0.2) is 59.8 Å². The molecule has 1 heterocycles. The van der Waals surface area contributed by atoms with Crippen LogP contribution in [0.4, 0.5) is 0 Å². The third-order valence-electron chi connectivity index (χ3n) is 4.36. The lowest BCUT2D eigenvalue weighted by Crippen LogP contribution is -2.28. The number of nitrogens with one attached hydrogen (secondary N) is 1. The number of hydrogen-bond donors (Lipinski definition) is 1. The summed E-state index contributed by atoms with van der Waals surface area (Å²) in [5, 5.41) is 12.0. The summed E-state index contributed by atoms with van der Waals surface area (Å²) in [6.45, 7) is 2.25. The number of hydrogen-bond acceptors (Lipinski definition) is 6. The number of nitrogens with zero attached hydrogens (tertiary/aromatic N) is 3. The molecule has 29 heavy (non-hydrogen) atoms. The fourth-order valence-electron chi connectivity index (χ4n) is 2.65. The van der Waals surface area contributed by atoms with Gasteiger partial charge < -0.3 is 19.4 Å². The summed E-state index contributed by atoms with van der Waals surface area (Å²) < 4.78 is 12.7. The zero-order chi connectivity index (χ0) is 20.6. The van der Waals surface area contributed by atoms with E-state index >= 15 is 0 Å². The van der Waals surface area contributed by atoms with Gasteiger partial charge in [0, 0.05) is 7.05 Å². The number of benzene rings is 2. The van der Waals surface area contributed by atoms with Crippen molar-refractivity contribution in [3.05, 3.63) is 66.0 Å². The fourth-order valence-corrected chi connectivity index (χ4v) is 3.40. The van der Waals surface area contributed by atoms with Crippen LogP contribution in [0, 0.1) is 0 Å². The van der Waals surface area contributed by atoms with Gasteiger partial charge in [0.1, 0.15) is 18.1 Å². The normalized spacial score (nSPS) is 11.7. The summed E-state index contributed by atoms with van der Waals surface area (Å²) in [4.78, 5) is 12.3. The van der Waals surface area contributed by atoms with Crippen molar-refractivity contribution < 1.29 is 14.3 Å². The average molecular weight is 413 g/mol. The first-order chi connectivity index (χ1) is 14.1. The van der Waals surface area contributed by atoms with E-state index in [0.29, 0.717) is 11.0 Å². The van der Waals surface area contributed by atoms with Crippen LogP contribution in [0.1, 0.15) is 24.4 Å². The Kier molecular flexibility index (Phi) is 7.13. The summed E-state index contributed by atoms with van der Waals surface area (Å²) >= 11 is 1.34. The maximum absolute atomic E-state index is 12.3. The number of carbonyl (C=O) groups excluding carboxylic acids is 1. The van der Waals surface area contributed by atoms with E-state index in [2.05, 4.69) is 15.5 Å². The lowest BCUT2D eigenvalue weighted by atomic mass is 10.1. The molecule has 152 valence electrons. The topological polar surface area (TPSA) is 78.3 Å². The van der Waals surface area contributed by atoms with E-state index in [0.717, 1.165) is 17.1 Å². The minimum Gasteiger partial charge on any atom is -0.497 e. The van der Waals surface area contributed by atoms with Crippen molar-refractivity contribution in [3.63, 3.8) is 0 Å². The molecule has 0 aliphatic carbocycles. The smallest absolute Gasteiger partial charge is 0.230 e. The van der Waals surface area contributed by atoms with Crippen molar-refractivity contribution in [2.75, 3.05) is 12.9 Å². The van der Waals surface area contributed by atoms with Crippen LogP contribution in [0.3, 0.4) is 0 Å². The van der Waals surface area contributed by atoms with E-state index in [1.807, 2.05) is 73.1 Å². The minimum atomic E-state index is -0.0506. The van der Waals surface area contributed by atoms with Crippen LogP contribution in [-0.4, -0.2) is 33.5 Å². The molecule has 0 aliphatic rings. The number of carbonyl (C=O) groups is 1. The minimum absolute atomic E-state index is 0.0442. The van der Waals surface area contributed by atoms with Gasteiger partial charge in [0.2, 0.25) is 5.91 Å². The molecular weight excluding hydrogens is 388 g/mol. The SMILES string of the molecule is COc1ccc(OCc2nnc(SCC(=O)NC(C)c3ccccc3)n2C)cc1. The lowest BCUT2D eigenvalue weighted by molar-refractivity contribution is -0.119. The standard InChI is InChI=1S/C21H24N4O3S/c1-15(16-7-5-4-6-8-16)22-20(26)14-29-21-24-23-19(25(21)2)13-28-18-11-9-17(27-3)10-12-18/h4-12,15H,13-14H2,1-3H3,(H,22,26). The van der Waals surface area contributed by atoms with Crippen molar-refractivity contribution in [2.45, 2.75) is 24.7 Å². The van der Waals surface area contributed by atoms with Gasteiger partial charge in [-0.05, 0) is 36.8 Å². The Labute approximate surface area is 174 Å². The second kappa shape index (κ2) is 9.97. The van der Waals surface area contributed by atoms with Crippen molar-refractivity contribution in [3.8, 4) is 11.5 Å². The van der Waals surface area contributed by atoms with Gasteiger partial charge in [0.15, 0.2) is 11.0 Å². The van der Waals surface area contributed by atoms with Gasteiger partial charge in [0.05, 0.1) is 18.9 Å². The molecule has 1 amide bonds. The van der Waals surface area contributed by atoms with Crippen LogP contribution in [0.25, 0.3) is 0 Å². The second-order valence-electron chi connectivity index (χ2n) is 6.41. The average Bonchev–Trinajstić information content (AvgIpc) is 3.11. The molecule has 0 saturated heterocycles. The van der Waals surface area contributed by atoms with Crippen molar-refractivity contribution >= 4 is 17.7 Å². The molecule has 2 aromatic carbocycles. The molecule has 0 aliphatic heterocycles. The molecule has 0 radical (unpaired) electrons. The van der Waals surface area contributed by atoms with E-state index in [9.17, 15) is 4.79 Å². The molecule has 3 rings (SSSR count). The van der Waals surface area contributed by atoms with Gasteiger partial charge in [-0.2, -0.15) is 0 Å². The Morgan fingerprint density at radius 3 is 2.48 bits per heavy atom. The fraction of sp³-hybridized carbons (Fsp3) is 0.286. The first kappa shape index (κ1) is 20.7. The van der Waals surface area contributed by atoms with Crippen LogP contribution >= 0.6 is 11.8 Å². The third kappa shape index (κ3) is 5.74. The van der Waals surface area contributed by atoms with E-state index < -0.39 is 0 Å². The molecule has 0 spiro atoms. The quantitative estimate of drug-likeness (QED) is 0.543. The molecule has 1 unspecified atom stereocenters. The molecule has 3 aromatic rings. The molecule has 8 heteroatoms. The first-order valence-electron chi connectivity index (χ1n) is 9.19. The Hall–Kier alpha value is -3.00. The molecule has 1 aromatic heterocycles. The summed E-state index contributed by atoms with van der Waals surface area (Å²) in [6, 6.07) is 17.2. The summed E-state index contributed by atoms with van der Waals surface area (Å²) in [5.41, 5.74) is 1.07. The Morgan fingerprint density at radius 1 is 1.10 bits per heavy atom. The van der Waals surface area contributed by atoms with E-state index in [1.54, 1.807) is 7.11 Å². The van der Waals surface area contributed by atoms with E-state index in [4.69, 9.17) is 9.47 Å². The zero-order valence-corrected chi connectivity index (χ0v) is 17.5. The Bertz CT molecular complexity index is 929. The number of aromatic nitrogens is 3. The van der Waals surface area contributed by atoms with Crippen LogP contribution in [-0.2, 0) is 18.4 Å². The number of rotatable bonds is 9. The Balaban J connectivity index is 1.49. The molecule has 0 fully saturated rings. The van der Waals surface area contributed by atoms with Gasteiger partial charge in [-0.3, -0.25) is 4.79 Å². The second-order valence-corrected chi connectivity index (χ2v) is 7.35. The lowest BCUT2D eigenvalue weighted by Gasteiger charge is -2.14. The van der Waals surface area contributed by atoms with Gasteiger partial charge in [-0.25, -0.2) is 0 Å². The largest absolute Gasteiger partial charge is 0.497 e. The predicted octanol–water partition coefficient (Wildman–Crippen LogP) is 3.37. The van der Waals surface area contributed by atoms with Crippen molar-refractivity contribution in [2.24, 2.45) is 7.05 Å². The number of methoxy groups -OCH3 is 1. The van der Waals surface area contributed by atoms with Gasteiger partial charge in [-0.1, -0.05) is 42.1 Å². The summed E-state index contributed by atoms with van der Waals surface area (Å²) in [7, 11) is 3.48. The molecule has 0 saturated carbocycles. The number of ether oxygens (including phenoxy) is 2. The molecule has 7 nitrogen and oxygen atoms in total. The van der Waals surface area contributed by atoms with Crippen molar-refractivity contribution in [1.29, 1.82) is 0 Å². The zero-order valence-electron chi connectivity index (χ0n) is 16.7. The summed E-state index contributed by atoms with van der Waals surface area (Å²) in [5.74, 6) is 2.39. The van der Waals surface area contributed by atoms with E-state index in [-0.39, 0.29) is 24.3 Å².